The zero-order valence-electron chi connectivity index (χ0n) is 7.65. The fourth-order valence-corrected chi connectivity index (χ4v) is 0.545. The zero-order chi connectivity index (χ0) is 8.36. The van der Waals surface area contributed by atoms with Gasteiger partial charge in [0.2, 0.25) is 0 Å². The molecule has 60 valence electrons. The summed E-state index contributed by atoms with van der Waals surface area (Å²) in [5, 5.41) is 3.25. The highest BCUT2D eigenvalue weighted by Gasteiger charge is 2.09. The van der Waals surface area contributed by atoms with Gasteiger partial charge >= 0.3 is 0 Å². The summed E-state index contributed by atoms with van der Waals surface area (Å²) >= 11 is 0. The molecule has 0 aromatic carbocycles. The molecule has 0 rings (SSSR count). The van der Waals surface area contributed by atoms with Gasteiger partial charge in [-0.15, -0.1) is 0 Å². The first kappa shape index (κ1) is 9.34. The van der Waals surface area contributed by atoms with Crippen molar-refractivity contribution in [3.05, 3.63) is 12.4 Å². The maximum Gasteiger partial charge on any atom is 0.0937 e. The van der Waals surface area contributed by atoms with E-state index in [4.69, 9.17) is 0 Å². The second kappa shape index (κ2) is 2.95. The van der Waals surface area contributed by atoms with Crippen LogP contribution in [-0.2, 0) is 0 Å². The summed E-state index contributed by atoms with van der Waals surface area (Å²) in [7, 11) is 3.95. The Morgan fingerprint density at radius 2 is 1.70 bits per heavy atom. The van der Waals surface area contributed by atoms with E-state index in [1.807, 2.05) is 19.0 Å². The molecule has 0 amide bonds. The first-order chi connectivity index (χ1) is 4.33. The predicted molar refractivity (Wildman–Crippen MR) is 45.7 cm³/mol. The Bertz CT molecular complexity index is 120. The number of hydrogen-bond acceptors (Lipinski definition) is 2. The van der Waals surface area contributed by atoms with Crippen LogP contribution in [0.5, 0.6) is 0 Å². The molecular weight excluding hydrogens is 124 g/mol. The second-order valence-electron chi connectivity index (χ2n) is 3.72. The molecule has 0 saturated carbocycles. The van der Waals surface area contributed by atoms with Gasteiger partial charge in [-0.3, -0.25) is 0 Å². The van der Waals surface area contributed by atoms with Gasteiger partial charge in [0.25, 0.3) is 0 Å². The Kier molecular flexibility index (Phi) is 2.76. The molecule has 0 aliphatic heterocycles. The molecule has 0 aliphatic carbocycles. The average molecular weight is 142 g/mol. The van der Waals surface area contributed by atoms with E-state index >= 15 is 0 Å². The standard InChI is InChI=1S/C8H18N2/c1-7(10(5)6)9-8(2,3)4/h9H,1H2,2-6H3. The van der Waals surface area contributed by atoms with Gasteiger partial charge < -0.3 is 10.2 Å². The van der Waals surface area contributed by atoms with Gasteiger partial charge in [0.15, 0.2) is 0 Å². The second-order valence-corrected chi connectivity index (χ2v) is 3.72. The molecule has 2 heteroatoms. The van der Waals surface area contributed by atoms with Gasteiger partial charge in [0.1, 0.15) is 0 Å². The number of rotatable bonds is 2. The lowest BCUT2D eigenvalue weighted by Crippen LogP contribution is -2.39. The Hall–Kier alpha value is -0.660. The molecule has 0 unspecified atom stereocenters. The lowest BCUT2D eigenvalue weighted by atomic mass is 10.1. The van der Waals surface area contributed by atoms with Crippen molar-refractivity contribution in [2.75, 3.05) is 14.1 Å². The topological polar surface area (TPSA) is 15.3 Å². The molecule has 0 fully saturated rings. The maximum atomic E-state index is 3.85. The largest absolute Gasteiger partial charge is 0.368 e. The average Bonchev–Trinajstić information content (AvgIpc) is 1.60. The third kappa shape index (κ3) is 4.24. The third-order valence-corrected chi connectivity index (χ3v) is 1.06. The Morgan fingerprint density at radius 1 is 1.30 bits per heavy atom. The minimum atomic E-state index is 0.112. The molecule has 0 aromatic heterocycles. The van der Waals surface area contributed by atoms with Crippen LogP contribution in [0, 0.1) is 0 Å². The fraction of sp³-hybridized carbons (Fsp3) is 0.750. The smallest absolute Gasteiger partial charge is 0.0937 e. The summed E-state index contributed by atoms with van der Waals surface area (Å²) in [6, 6.07) is 0. The molecule has 2 nitrogen and oxygen atoms in total. The summed E-state index contributed by atoms with van der Waals surface area (Å²) in [6.07, 6.45) is 0. The van der Waals surface area contributed by atoms with Crippen LogP contribution in [0.4, 0.5) is 0 Å². The minimum Gasteiger partial charge on any atom is -0.368 e. The van der Waals surface area contributed by atoms with Crippen LogP contribution < -0.4 is 5.32 Å². The van der Waals surface area contributed by atoms with E-state index in [2.05, 4.69) is 32.7 Å². The Balaban J connectivity index is 3.81. The van der Waals surface area contributed by atoms with Crippen molar-refractivity contribution < 1.29 is 0 Å². The Labute approximate surface area is 63.9 Å². The maximum absolute atomic E-state index is 3.85. The van der Waals surface area contributed by atoms with E-state index < -0.39 is 0 Å². The van der Waals surface area contributed by atoms with Gasteiger partial charge in [0, 0.05) is 19.6 Å². The van der Waals surface area contributed by atoms with Crippen molar-refractivity contribution in [1.82, 2.24) is 10.2 Å². The van der Waals surface area contributed by atoms with Crippen LogP contribution in [0.2, 0.25) is 0 Å². The minimum absolute atomic E-state index is 0.112. The molecule has 0 heterocycles. The van der Waals surface area contributed by atoms with E-state index in [0.29, 0.717) is 0 Å². The van der Waals surface area contributed by atoms with Crippen LogP contribution in [0.1, 0.15) is 20.8 Å². The summed E-state index contributed by atoms with van der Waals surface area (Å²) in [5.41, 5.74) is 0.112. The van der Waals surface area contributed by atoms with Crippen molar-refractivity contribution in [2.45, 2.75) is 26.3 Å². The van der Waals surface area contributed by atoms with Crippen LogP contribution in [-0.4, -0.2) is 24.5 Å². The number of nitrogens with zero attached hydrogens (tertiary/aromatic N) is 1. The normalized spacial score (nSPS) is 10.9. The van der Waals surface area contributed by atoms with Gasteiger partial charge in [-0.2, -0.15) is 0 Å². The molecule has 0 aromatic rings. The lowest BCUT2D eigenvalue weighted by Gasteiger charge is -2.27. The third-order valence-electron chi connectivity index (χ3n) is 1.06. The van der Waals surface area contributed by atoms with Crippen molar-refractivity contribution in [3.63, 3.8) is 0 Å². The summed E-state index contributed by atoms with van der Waals surface area (Å²) in [6.45, 7) is 10.2. The highest BCUT2D eigenvalue weighted by molar-refractivity contribution is 4.93. The molecule has 0 atom stereocenters. The van der Waals surface area contributed by atoms with Crippen LogP contribution in [0.3, 0.4) is 0 Å². The molecule has 0 radical (unpaired) electrons. The van der Waals surface area contributed by atoms with E-state index in [-0.39, 0.29) is 5.54 Å². The summed E-state index contributed by atoms with van der Waals surface area (Å²) in [5.74, 6) is 0.951. The van der Waals surface area contributed by atoms with Crippen LogP contribution in [0.15, 0.2) is 12.4 Å². The molecule has 1 N–H and O–H groups in total. The highest BCUT2D eigenvalue weighted by atomic mass is 15.2. The van der Waals surface area contributed by atoms with E-state index in [1.165, 1.54) is 0 Å². The van der Waals surface area contributed by atoms with Crippen molar-refractivity contribution >= 4 is 0 Å². The number of hydrogen-bond donors (Lipinski definition) is 1. The zero-order valence-corrected chi connectivity index (χ0v) is 7.65. The van der Waals surface area contributed by atoms with Crippen molar-refractivity contribution in [2.24, 2.45) is 0 Å². The SMILES string of the molecule is C=C(NC(C)(C)C)N(C)C. The quantitative estimate of drug-likeness (QED) is 0.627. The van der Waals surface area contributed by atoms with Crippen molar-refractivity contribution in [1.29, 1.82) is 0 Å². The summed E-state index contributed by atoms with van der Waals surface area (Å²) in [4.78, 5) is 1.96. The summed E-state index contributed by atoms with van der Waals surface area (Å²) < 4.78 is 0. The monoisotopic (exact) mass is 142 g/mol. The van der Waals surface area contributed by atoms with Gasteiger partial charge in [0.05, 0.1) is 5.82 Å². The lowest BCUT2D eigenvalue weighted by molar-refractivity contribution is 0.379. The first-order valence-corrected chi connectivity index (χ1v) is 3.47. The fourth-order valence-electron chi connectivity index (χ4n) is 0.545. The molecular formula is C8H18N2. The molecule has 0 saturated heterocycles. The molecule has 0 aliphatic rings. The van der Waals surface area contributed by atoms with Crippen LogP contribution >= 0.6 is 0 Å². The highest BCUT2D eigenvalue weighted by Crippen LogP contribution is 2.02. The predicted octanol–water partition coefficient (Wildman–Crippen LogP) is 1.41. The van der Waals surface area contributed by atoms with Gasteiger partial charge in [-0.1, -0.05) is 6.58 Å². The Morgan fingerprint density at radius 3 is 1.80 bits per heavy atom. The van der Waals surface area contributed by atoms with E-state index in [9.17, 15) is 0 Å². The molecule has 0 spiro atoms. The van der Waals surface area contributed by atoms with Crippen molar-refractivity contribution in [3.8, 4) is 0 Å². The van der Waals surface area contributed by atoms with Crippen LogP contribution in [0.25, 0.3) is 0 Å². The molecule has 0 bridgehead atoms. The van der Waals surface area contributed by atoms with Gasteiger partial charge in [-0.05, 0) is 20.8 Å². The number of nitrogens with one attached hydrogen (secondary N) is 1. The van der Waals surface area contributed by atoms with E-state index in [1.54, 1.807) is 0 Å². The van der Waals surface area contributed by atoms with Gasteiger partial charge in [-0.25, -0.2) is 0 Å². The molecule has 10 heavy (non-hydrogen) atoms. The van der Waals surface area contributed by atoms with E-state index in [0.717, 1.165) is 5.82 Å². The first-order valence-electron chi connectivity index (χ1n) is 3.47.